The number of hydrogen-bond acceptors (Lipinski definition) is 3. The molecule has 0 fully saturated rings. The molecule has 1 N–H and O–H groups in total. The maximum atomic E-state index is 5.48. The fourth-order valence-corrected chi connectivity index (χ4v) is 1.60. The van der Waals surface area contributed by atoms with E-state index < -0.39 is 0 Å². The lowest BCUT2D eigenvalue weighted by atomic mass is 10.1. The SMILES string of the molecule is CC(C)C=C(C=Cc1ccccc1)NOCCN(C)C. The summed E-state index contributed by atoms with van der Waals surface area (Å²) in [5, 5.41) is 0. The van der Waals surface area contributed by atoms with Gasteiger partial charge < -0.3 is 4.90 Å². The first-order chi connectivity index (χ1) is 9.58. The van der Waals surface area contributed by atoms with Crippen LogP contribution in [-0.4, -0.2) is 32.1 Å². The van der Waals surface area contributed by atoms with Crippen LogP contribution in [0, 0.1) is 5.92 Å². The minimum absolute atomic E-state index is 0.468. The van der Waals surface area contributed by atoms with Crippen molar-refractivity contribution in [3.63, 3.8) is 0 Å². The molecule has 0 bridgehead atoms. The maximum Gasteiger partial charge on any atom is 0.0872 e. The Morgan fingerprint density at radius 3 is 2.55 bits per heavy atom. The van der Waals surface area contributed by atoms with Gasteiger partial charge in [-0.25, -0.2) is 0 Å². The average Bonchev–Trinajstić information content (AvgIpc) is 2.41. The Kier molecular flexibility index (Phi) is 7.70. The van der Waals surface area contributed by atoms with Gasteiger partial charge in [-0.2, -0.15) is 0 Å². The van der Waals surface area contributed by atoms with E-state index in [0.717, 1.165) is 12.2 Å². The van der Waals surface area contributed by atoms with Crippen LogP contribution >= 0.6 is 0 Å². The molecule has 0 radical (unpaired) electrons. The molecule has 1 aromatic carbocycles. The normalized spacial score (nSPS) is 12.6. The molecule has 110 valence electrons. The molecule has 3 nitrogen and oxygen atoms in total. The molecule has 3 heteroatoms. The summed E-state index contributed by atoms with van der Waals surface area (Å²) >= 11 is 0. The summed E-state index contributed by atoms with van der Waals surface area (Å²) < 4.78 is 0. The zero-order valence-corrected chi connectivity index (χ0v) is 13.0. The summed E-state index contributed by atoms with van der Waals surface area (Å²) in [6.07, 6.45) is 6.27. The summed E-state index contributed by atoms with van der Waals surface area (Å²) in [7, 11) is 4.06. The highest BCUT2D eigenvalue weighted by molar-refractivity contribution is 5.52. The second kappa shape index (κ2) is 9.34. The molecule has 1 aromatic rings. The smallest absolute Gasteiger partial charge is 0.0872 e. The highest BCUT2D eigenvalue weighted by Crippen LogP contribution is 2.06. The molecule has 0 aliphatic heterocycles. The van der Waals surface area contributed by atoms with E-state index in [4.69, 9.17) is 4.84 Å². The van der Waals surface area contributed by atoms with Crippen molar-refractivity contribution in [1.82, 2.24) is 10.4 Å². The van der Waals surface area contributed by atoms with Crippen molar-refractivity contribution < 1.29 is 4.84 Å². The lowest BCUT2D eigenvalue weighted by Gasteiger charge is -2.12. The molecule has 1 rings (SSSR count). The molecule has 0 saturated carbocycles. The monoisotopic (exact) mass is 274 g/mol. The number of allylic oxidation sites excluding steroid dienone is 2. The van der Waals surface area contributed by atoms with Crippen molar-refractivity contribution in [1.29, 1.82) is 0 Å². The van der Waals surface area contributed by atoms with E-state index in [2.05, 4.69) is 48.5 Å². The number of rotatable bonds is 8. The topological polar surface area (TPSA) is 24.5 Å². The van der Waals surface area contributed by atoms with Crippen LogP contribution in [0.4, 0.5) is 0 Å². The van der Waals surface area contributed by atoms with Gasteiger partial charge in [0.25, 0.3) is 0 Å². The van der Waals surface area contributed by atoms with Gasteiger partial charge in [0.05, 0.1) is 12.3 Å². The van der Waals surface area contributed by atoms with E-state index in [9.17, 15) is 0 Å². The number of hydrogen-bond donors (Lipinski definition) is 1. The molecule has 0 atom stereocenters. The van der Waals surface area contributed by atoms with Gasteiger partial charge >= 0.3 is 0 Å². The molecular weight excluding hydrogens is 248 g/mol. The summed E-state index contributed by atoms with van der Waals surface area (Å²) in [6.45, 7) is 5.85. The quantitative estimate of drug-likeness (QED) is 0.447. The Bertz CT molecular complexity index is 422. The van der Waals surface area contributed by atoms with E-state index in [1.165, 1.54) is 5.56 Å². The van der Waals surface area contributed by atoms with Crippen LogP contribution in [-0.2, 0) is 4.84 Å². The third-order valence-corrected chi connectivity index (χ3v) is 2.60. The number of likely N-dealkylation sites (N-methyl/N-ethyl adjacent to an activating group) is 1. The van der Waals surface area contributed by atoms with Crippen LogP contribution in [0.3, 0.4) is 0 Å². The maximum absolute atomic E-state index is 5.48. The first kappa shape index (κ1) is 16.5. The fourth-order valence-electron chi connectivity index (χ4n) is 1.60. The van der Waals surface area contributed by atoms with E-state index in [1.54, 1.807) is 0 Å². The van der Waals surface area contributed by atoms with Gasteiger partial charge in [0.2, 0.25) is 0 Å². The minimum atomic E-state index is 0.468. The summed E-state index contributed by atoms with van der Waals surface area (Å²) in [4.78, 5) is 7.58. The Morgan fingerprint density at radius 1 is 1.25 bits per heavy atom. The van der Waals surface area contributed by atoms with Gasteiger partial charge in [0.15, 0.2) is 0 Å². The van der Waals surface area contributed by atoms with Crippen molar-refractivity contribution in [3.8, 4) is 0 Å². The first-order valence-corrected chi connectivity index (χ1v) is 7.05. The van der Waals surface area contributed by atoms with E-state index >= 15 is 0 Å². The van der Waals surface area contributed by atoms with E-state index in [0.29, 0.717) is 12.5 Å². The Balaban J connectivity index is 2.55. The molecule has 20 heavy (non-hydrogen) atoms. The number of nitrogens with one attached hydrogen (secondary N) is 1. The average molecular weight is 274 g/mol. The minimum Gasteiger partial charge on any atom is -0.307 e. The predicted octanol–water partition coefficient (Wildman–Crippen LogP) is 3.32. The number of benzene rings is 1. The van der Waals surface area contributed by atoms with Crippen LogP contribution in [0.2, 0.25) is 0 Å². The largest absolute Gasteiger partial charge is 0.307 e. The van der Waals surface area contributed by atoms with Crippen LogP contribution < -0.4 is 5.48 Å². The molecular formula is C17H26N2O. The van der Waals surface area contributed by atoms with Gasteiger partial charge in [-0.05, 0) is 31.7 Å². The van der Waals surface area contributed by atoms with Crippen molar-refractivity contribution in [2.24, 2.45) is 5.92 Å². The van der Waals surface area contributed by atoms with Gasteiger partial charge in [0.1, 0.15) is 0 Å². The van der Waals surface area contributed by atoms with E-state index in [1.807, 2.05) is 38.4 Å². The zero-order chi connectivity index (χ0) is 14.8. The van der Waals surface area contributed by atoms with Gasteiger partial charge in [-0.15, -0.1) is 0 Å². The fraction of sp³-hybridized carbons (Fsp3) is 0.412. The van der Waals surface area contributed by atoms with Crippen molar-refractivity contribution in [2.45, 2.75) is 13.8 Å². The second-order valence-electron chi connectivity index (χ2n) is 5.36. The highest BCUT2D eigenvalue weighted by atomic mass is 16.6. The Labute approximate surface area is 122 Å². The number of hydroxylamine groups is 1. The molecule has 0 heterocycles. The summed E-state index contributed by atoms with van der Waals surface area (Å²) in [5.74, 6) is 0.468. The van der Waals surface area contributed by atoms with E-state index in [-0.39, 0.29) is 0 Å². The highest BCUT2D eigenvalue weighted by Gasteiger charge is 1.96. The predicted molar refractivity (Wildman–Crippen MR) is 86.0 cm³/mol. The van der Waals surface area contributed by atoms with Crippen molar-refractivity contribution in [2.75, 3.05) is 27.2 Å². The Morgan fingerprint density at radius 2 is 1.95 bits per heavy atom. The first-order valence-electron chi connectivity index (χ1n) is 7.05. The third kappa shape index (κ3) is 7.77. The molecule has 0 spiro atoms. The van der Waals surface area contributed by atoms with Gasteiger partial charge in [-0.1, -0.05) is 56.3 Å². The number of nitrogens with zero attached hydrogens (tertiary/aromatic N) is 1. The molecule has 0 aliphatic rings. The standard InChI is InChI=1S/C17H26N2O/c1-15(2)14-17(18-20-13-12-19(3)4)11-10-16-8-6-5-7-9-16/h5-11,14-15,18H,12-13H2,1-4H3. The third-order valence-electron chi connectivity index (χ3n) is 2.60. The lowest BCUT2D eigenvalue weighted by molar-refractivity contribution is 0.0545. The second-order valence-corrected chi connectivity index (χ2v) is 5.36. The zero-order valence-electron chi connectivity index (χ0n) is 13.0. The van der Waals surface area contributed by atoms with Crippen LogP contribution in [0.15, 0.2) is 48.2 Å². The van der Waals surface area contributed by atoms with Crippen LogP contribution in [0.5, 0.6) is 0 Å². The Hall–Kier alpha value is -1.58. The van der Waals surface area contributed by atoms with Crippen molar-refractivity contribution >= 4 is 6.08 Å². The molecule has 0 unspecified atom stereocenters. The molecule has 0 aliphatic carbocycles. The van der Waals surface area contributed by atoms with Crippen LogP contribution in [0.25, 0.3) is 6.08 Å². The molecule has 0 saturated heterocycles. The molecule has 0 amide bonds. The molecule has 0 aromatic heterocycles. The van der Waals surface area contributed by atoms with Crippen molar-refractivity contribution in [3.05, 3.63) is 53.7 Å². The van der Waals surface area contributed by atoms with Gasteiger partial charge in [-0.3, -0.25) is 10.3 Å². The summed E-state index contributed by atoms with van der Waals surface area (Å²) in [5.41, 5.74) is 5.19. The van der Waals surface area contributed by atoms with Crippen LogP contribution in [0.1, 0.15) is 19.4 Å². The summed E-state index contributed by atoms with van der Waals surface area (Å²) in [6, 6.07) is 10.2. The lowest BCUT2D eigenvalue weighted by Crippen LogP contribution is -2.23. The van der Waals surface area contributed by atoms with Gasteiger partial charge in [0, 0.05) is 6.54 Å².